The number of amides is 1. The Hall–Kier alpha value is -3.06. The minimum atomic E-state index is -0.264. The number of piperazine rings is 1. The number of hydrogen-bond acceptors (Lipinski definition) is 6. The molecule has 4 rings (SSSR count). The van der Waals surface area contributed by atoms with E-state index in [1.807, 2.05) is 30.3 Å². The van der Waals surface area contributed by atoms with Gasteiger partial charge in [0.2, 0.25) is 0 Å². The van der Waals surface area contributed by atoms with Gasteiger partial charge in [-0.05, 0) is 19.2 Å². The van der Waals surface area contributed by atoms with Crippen LogP contribution in [-0.2, 0) is 0 Å². The van der Waals surface area contributed by atoms with E-state index in [2.05, 4.69) is 37.1 Å². The molecule has 1 aliphatic rings. The molecule has 1 aliphatic heterocycles. The van der Waals surface area contributed by atoms with Gasteiger partial charge in [0.05, 0.1) is 17.4 Å². The van der Waals surface area contributed by atoms with Crippen molar-refractivity contribution in [1.29, 1.82) is 0 Å². The Morgan fingerprint density at radius 3 is 2.69 bits per heavy atom. The second-order valence-electron chi connectivity index (χ2n) is 6.42. The predicted molar refractivity (Wildman–Crippen MR) is 101 cm³/mol. The van der Waals surface area contributed by atoms with Gasteiger partial charge in [-0.25, -0.2) is 9.97 Å². The fraction of sp³-hybridized carbons (Fsp3) is 0.263. The third kappa shape index (κ3) is 3.48. The summed E-state index contributed by atoms with van der Waals surface area (Å²) >= 11 is 0. The first-order chi connectivity index (χ1) is 12.7. The third-order valence-electron chi connectivity index (χ3n) is 4.56. The number of benzene rings is 1. The van der Waals surface area contributed by atoms with E-state index in [4.69, 9.17) is 0 Å². The van der Waals surface area contributed by atoms with Crippen LogP contribution in [0.4, 0.5) is 11.5 Å². The van der Waals surface area contributed by atoms with Crippen LogP contribution in [0.5, 0.6) is 0 Å². The molecule has 7 heteroatoms. The number of carbonyl (C=O) groups excluding carboxylic acids is 1. The zero-order valence-corrected chi connectivity index (χ0v) is 14.6. The summed E-state index contributed by atoms with van der Waals surface area (Å²) in [5.74, 6) is 0.523. The molecule has 1 aromatic carbocycles. The Morgan fingerprint density at radius 2 is 1.85 bits per heavy atom. The summed E-state index contributed by atoms with van der Waals surface area (Å²) < 4.78 is 0. The first kappa shape index (κ1) is 16.4. The van der Waals surface area contributed by atoms with Gasteiger partial charge in [-0.3, -0.25) is 9.78 Å². The molecule has 26 heavy (non-hydrogen) atoms. The van der Waals surface area contributed by atoms with Crippen molar-refractivity contribution >= 4 is 28.3 Å². The molecule has 0 radical (unpaired) electrons. The number of rotatable bonds is 3. The van der Waals surface area contributed by atoms with Gasteiger partial charge in [0.25, 0.3) is 5.91 Å². The normalized spacial score (nSPS) is 15.2. The van der Waals surface area contributed by atoms with Gasteiger partial charge in [-0.15, -0.1) is 0 Å². The number of anilines is 2. The third-order valence-corrected chi connectivity index (χ3v) is 4.56. The molecule has 0 spiro atoms. The number of fused-ring (bicyclic) bond motifs is 1. The van der Waals surface area contributed by atoms with Crippen molar-refractivity contribution in [2.75, 3.05) is 43.4 Å². The molecule has 3 heterocycles. The fourth-order valence-corrected chi connectivity index (χ4v) is 3.01. The largest absolute Gasteiger partial charge is 0.354 e. The lowest BCUT2D eigenvalue weighted by molar-refractivity contribution is 0.102. The maximum atomic E-state index is 12.6. The number of carbonyl (C=O) groups is 1. The summed E-state index contributed by atoms with van der Waals surface area (Å²) in [5, 5.41) is 3.85. The number of pyridine rings is 1. The molecule has 0 bridgehead atoms. The summed E-state index contributed by atoms with van der Waals surface area (Å²) in [6, 6.07) is 11.4. The Balaban J connectivity index is 1.51. The number of para-hydroxylation sites is 1. The summed E-state index contributed by atoms with van der Waals surface area (Å²) in [6.07, 6.45) is 3.10. The Bertz CT molecular complexity index is 936. The molecular weight excluding hydrogens is 328 g/mol. The molecule has 0 aliphatic carbocycles. The van der Waals surface area contributed by atoms with E-state index in [-0.39, 0.29) is 5.91 Å². The van der Waals surface area contributed by atoms with Crippen LogP contribution in [0, 0.1) is 0 Å². The van der Waals surface area contributed by atoms with Crippen molar-refractivity contribution in [3.63, 3.8) is 0 Å². The van der Waals surface area contributed by atoms with Gasteiger partial charge >= 0.3 is 0 Å². The smallest absolute Gasteiger partial charge is 0.274 e. The van der Waals surface area contributed by atoms with Crippen molar-refractivity contribution in [1.82, 2.24) is 19.9 Å². The number of nitrogens with zero attached hydrogens (tertiary/aromatic N) is 5. The van der Waals surface area contributed by atoms with E-state index in [9.17, 15) is 4.79 Å². The SMILES string of the molecule is CN1CCN(c2cc(C(=O)Nc3cnc4ccccc4c3)ncn2)CC1. The van der Waals surface area contributed by atoms with Crippen LogP contribution in [-0.4, -0.2) is 59.0 Å². The van der Waals surface area contributed by atoms with Gasteiger partial charge < -0.3 is 15.1 Å². The molecule has 1 N–H and O–H groups in total. The van der Waals surface area contributed by atoms with E-state index >= 15 is 0 Å². The minimum absolute atomic E-state index is 0.264. The molecule has 1 amide bonds. The van der Waals surface area contributed by atoms with Crippen LogP contribution >= 0.6 is 0 Å². The van der Waals surface area contributed by atoms with Crippen LogP contribution in [0.1, 0.15) is 10.5 Å². The quantitative estimate of drug-likeness (QED) is 0.781. The molecule has 0 atom stereocenters. The first-order valence-corrected chi connectivity index (χ1v) is 8.61. The summed E-state index contributed by atoms with van der Waals surface area (Å²) in [7, 11) is 2.10. The average molecular weight is 348 g/mol. The summed E-state index contributed by atoms with van der Waals surface area (Å²) in [5.41, 5.74) is 1.89. The molecule has 1 fully saturated rings. The maximum absolute atomic E-state index is 12.6. The van der Waals surface area contributed by atoms with Gasteiger partial charge in [0, 0.05) is 37.6 Å². The van der Waals surface area contributed by atoms with Crippen LogP contribution in [0.25, 0.3) is 10.9 Å². The molecule has 0 saturated carbocycles. The van der Waals surface area contributed by atoms with Crippen molar-refractivity contribution in [2.45, 2.75) is 0 Å². The number of nitrogens with one attached hydrogen (secondary N) is 1. The van der Waals surface area contributed by atoms with Crippen LogP contribution in [0.3, 0.4) is 0 Å². The zero-order valence-electron chi connectivity index (χ0n) is 14.6. The van der Waals surface area contributed by atoms with Crippen LogP contribution in [0.2, 0.25) is 0 Å². The topological polar surface area (TPSA) is 74.2 Å². The summed E-state index contributed by atoms with van der Waals surface area (Å²) in [6.45, 7) is 3.74. The van der Waals surface area contributed by atoms with Crippen molar-refractivity contribution < 1.29 is 4.79 Å². The predicted octanol–water partition coefficient (Wildman–Crippen LogP) is 2.03. The standard InChI is InChI=1S/C19H20N6O/c1-24-6-8-25(9-7-24)18-11-17(21-13-22-18)19(26)23-15-10-14-4-2-3-5-16(14)20-12-15/h2-5,10-13H,6-9H2,1H3,(H,23,26). The minimum Gasteiger partial charge on any atom is -0.354 e. The molecule has 0 unspecified atom stereocenters. The second-order valence-corrected chi connectivity index (χ2v) is 6.42. The fourth-order valence-electron chi connectivity index (χ4n) is 3.01. The van der Waals surface area contributed by atoms with E-state index < -0.39 is 0 Å². The van der Waals surface area contributed by atoms with Crippen molar-refractivity contribution in [3.05, 3.63) is 54.6 Å². The highest BCUT2D eigenvalue weighted by Gasteiger charge is 2.17. The molecule has 7 nitrogen and oxygen atoms in total. The van der Waals surface area contributed by atoms with Crippen molar-refractivity contribution in [2.24, 2.45) is 0 Å². The number of likely N-dealkylation sites (N-methyl/N-ethyl adjacent to an activating group) is 1. The van der Waals surface area contributed by atoms with Gasteiger partial charge in [0.1, 0.15) is 17.8 Å². The highest BCUT2D eigenvalue weighted by Crippen LogP contribution is 2.18. The van der Waals surface area contributed by atoms with E-state index in [1.165, 1.54) is 6.33 Å². The first-order valence-electron chi connectivity index (χ1n) is 8.61. The summed E-state index contributed by atoms with van der Waals surface area (Å²) in [4.78, 5) is 29.8. The van der Waals surface area contributed by atoms with Gasteiger partial charge in [-0.2, -0.15) is 0 Å². The molecule has 3 aromatic rings. The lowest BCUT2D eigenvalue weighted by Gasteiger charge is -2.33. The lowest BCUT2D eigenvalue weighted by atomic mass is 10.2. The highest BCUT2D eigenvalue weighted by molar-refractivity contribution is 6.03. The number of hydrogen-bond donors (Lipinski definition) is 1. The van der Waals surface area contributed by atoms with Crippen LogP contribution in [0.15, 0.2) is 48.9 Å². The molecular formula is C19H20N6O. The lowest BCUT2D eigenvalue weighted by Crippen LogP contribution is -2.44. The van der Waals surface area contributed by atoms with Gasteiger partial charge in [0.15, 0.2) is 0 Å². The van der Waals surface area contributed by atoms with Crippen LogP contribution < -0.4 is 10.2 Å². The molecule has 1 saturated heterocycles. The maximum Gasteiger partial charge on any atom is 0.274 e. The van der Waals surface area contributed by atoms with E-state index in [0.29, 0.717) is 11.4 Å². The zero-order chi connectivity index (χ0) is 17.9. The number of aromatic nitrogens is 3. The van der Waals surface area contributed by atoms with E-state index in [0.717, 1.165) is 42.9 Å². The Labute approximate surface area is 151 Å². The van der Waals surface area contributed by atoms with Crippen molar-refractivity contribution in [3.8, 4) is 0 Å². The Morgan fingerprint density at radius 1 is 1.04 bits per heavy atom. The molecule has 2 aromatic heterocycles. The average Bonchev–Trinajstić information content (AvgIpc) is 2.68. The van der Waals surface area contributed by atoms with E-state index in [1.54, 1.807) is 12.3 Å². The second kappa shape index (κ2) is 7.05. The Kier molecular flexibility index (Phi) is 4.45. The van der Waals surface area contributed by atoms with Gasteiger partial charge in [-0.1, -0.05) is 18.2 Å². The monoisotopic (exact) mass is 348 g/mol. The molecule has 132 valence electrons. The highest BCUT2D eigenvalue weighted by atomic mass is 16.1.